The monoisotopic (exact) mass is 340 g/mol. The SMILES string of the molecule is C=CCNC1=C/CC(/C(C=C)=C/C)[C@H](C)OCCCC(C)/C=C\1C#N. The molecule has 1 rings (SSSR count). The Morgan fingerprint density at radius 3 is 2.80 bits per heavy atom. The van der Waals surface area contributed by atoms with Crippen molar-refractivity contribution in [2.45, 2.75) is 46.1 Å². The third-order valence-electron chi connectivity index (χ3n) is 4.62. The average Bonchev–Trinajstić information content (AvgIpc) is 2.61. The van der Waals surface area contributed by atoms with E-state index in [9.17, 15) is 5.26 Å². The lowest BCUT2D eigenvalue weighted by atomic mass is 9.89. The largest absolute Gasteiger partial charge is 0.381 e. The molecule has 136 valence electrons. The highest BCUT2D eigenvalue weighted by Crippen LogP contribution is 2.26. The summed E-state index contributed by atoms with van der Waals surface area (Å²) in [6.07, 6.45) is 12.9. The van der Waals surface area contributed by atoms with Crippen LogP contribution in [0.1, 0.15) is 40.0 Å². The molecule has 3 heteroatoms. The molecule has 0 aliphatic carbocycles. The number of allylic oxidation sites excluding steroid dienone is 5. The van der Waals surface area contributed by atoms with Gasteiger partial charge in [0.1, 0.15) is 6.07 Å². The van der Waals surface area contributed by atoms with E-state index >= 15 is 0 Å². The summed E-state index contributed by atoms with van der Waals surface area (Å²) in [5.41, 5.74) is 2.77. The maximum atomic E-state index is 9.63. The minimum atomic E-state index is 0.102. The van der Waals surface area contributed by atoms with Crippen LogP contribution in [0.3, 0.4) is 0 Å². The van der Waals surface area contributed by atoms with Gasteiger partial charge in [0.25, 0.3) is 0 Å². The van der Waals surface area contributed by atoms with Crippen molar-refractivity contribution in [3.05, 3.63) is 60.4 Å². The highest BCUT2D eigenvalue weighted by Gasteiger charge is 2.21. The molecule has 1 aliphatic rings. The lowest BCUT2D eigenvalue weighted by Gasteiger charge is -2.26. The standard InChI is InChI=1S/C22H32N2O/c1-6-13-24-22-12-11-21(19(7-2)8-3)18(5)25-14-9-10-17(4)15-20(22)16-23/h6-8,12,15,17-18,21,24H,1-2,9-11,13-14H2,3-5H3/b19-8+,20-15-,22-12+/t17?,18-,21?/m0/s1. The fourth-order valence-electron chi connectivity index (χ4n) is 3.13. The van der Waals surface area contributed by atoms with Gasteiger partial charge in [0.05, 0.1) is 11.7 Å². The molecule has 1 heterocycles. The van der Waals surface area contributed by atoms with Gasteiger partial charge in [-0.25, -0.2) is 0 Å². The maximum Gasteiger partial charge on any atom is 0.101 e. The van der Waals surface area contributed by atoms with E-state index in [-0.39, 0.29) is 12.0 Å². The Kier molecular flexibility index (Phi) is 9.65. The third-order valence-corrected chi connectivity index (χ3v) is 4.62. The Morgan fingerprint density at radius 2 is 2.20 bits per heavy atom. The molecule has 0 aromatic heterocycles. The van der Waals surface area contributed by atoms with Crippen molar-refractivity contribution >= 4 is 0 Å². The number of nitrogens with one attached hydrogen (secondary N) is 1. The Hall–Kier alpha value is -2.05. The van der Waals surface area contributed by atoms with Crippen molar-refractivity contribution in [2.75, 3.05) is 13.2 Å². The van der Waals surface area contributed by atoms with Gasteiger partial charge in [-0.05, 0) is 44.6 Å². The van der Waals surface area contributed by atoms with Crippen LogP contribution in [-0.2, 0) is 4.74 Å². The van der Waals surface area contributed by atoms with Gasteiger partial charge in [0.15, 0.2) is 0 Å². The minimum absolute atomic E-state index is 0.102. The van der Waals surface area contributed by atoms with Crippen LogP contribution in [0, 0.1) is 23.2 Å². The number of hydrogen-bond donors (Lipinski definition) is 1. The van der Waals surface area contributed by atoms with E-state index in [1.54, 1.807) is 6.08 Å². The third kappa shape index (κ3) is 6.76. The molecule has 0 radical (unpaired) electrons. The van der Waals surface area contributed by atoms with Gasteiger partial charge >= 0.3 is 0 Å². The van der Waals surface area contributed by atoms with Crippen LogP contribution < -0.4 is 5.32 Å². The Morgan fingerprint density at radius 1 is 1.44 bits per heavy atom. The Labute approximate surface area is 153 Å². The second kappa shape index (κ2) is 11.5. The topological polar surface area (TPSA) is 45.0 Å². The van der Waals surface area contributed by atoms with E-state index in [2.05, 4.69) is 56.6 Å². The second-order valence-corrected chi connectivity index (χ2v) is 6.51. The van der Waals surface area contributed by atoms with Gasteiger partial charge in [-0.1, -0.05) is 43.9 Å². The van der Waals surface area contributed by atoms with E-state index in [0.717, 1.165) is 31.6 Å². The highest BCUT2D eigenvalue weighted by molar-refractivity contribution is 5.41. The van der Waals surface area contributed by atoms with Crippen LogP contribution in [0.25, 0.3) is 0 Å². The molecular weight excluding hydrogens is 308 g/mol. The predicted molar refractivity (Wildman–Crippen MR) is 106 cm³/mol. The molecule has 0 aromatic carbocycles. The van der Waals surface area contributed by atoms with Crippen molar-refractivity contribution < 1.29 is 4.74 Å². The number of hydrogen-bond acceptors (Lipinski definition) is 3. The summed E-state index contributed by atoms with van der Waals surface area (Å²) in [6, 6.07) is 2.36. The second-order valence-electron chi connectivity index (χ2n) is 6.51. The van der Waals surface area contributed by atoms with Crippen LogP contribution in [0.15, 0.2) is 60.4 Å². The van der Waals surface area contributed by atoms with Crippen LogP contribution in [-0.4, -0.2) is 19.3 Å². The molecule has 0 aromatic rings. The average molecular weight is 341 g/mol. The Balaban J connectivity index is 3.25. The van der Waals surface area contributed by atoms with Crippen molar-refractivity contribution in [1.29, 1.82) is 5.26 Å². The molecule has 0 fully saturated rings. The predicted octanol–water partition coefficient (Wildman–Crippen LogP) is 5.07. The number of nitrogens with zero attached hydrogens (tertiary/aromatic N) is 1. The van der Waals surface area contributed by atoms with Crippen molar-refractivity contribution in [3.63, 3.8) is 0 Å². The van der Waals surface area contributed by atoms with Gasteiger partial charge in [0, 0.05) is 24.8 Å². The van der Waals surface area contributed by atoms with Crippen LogP contribution >= 0.6 is 0 Å². The molecule has 3 nitrogen and oxygen atoms in total. The fourth-order valence-corrected chi connectivity index (χ4v) is 3.13. The first-order valence-corrected chi connectivity index (χ1v) is 9.14. The zero-order valence-corrected chi connectivity index (χ0v) is 15.9. The lowest BCUT2D eigenvalue weighted by Crippen LogP contribution is -2.24. The molecular formula is C22H32N2O. The zero-order valence-electron chi connectivity index (χ0n) is 15.9. The van der Waals surface area contributed by atoms with E-state index in [1.807, 2.05) is 13.0 Å². The Bertz CT molecular complexity index is 577. The number of ether oxygens (including phenoxy) is 1. The van der Waals surface area contributed by atoms with Gasteiger partial charge in [-0.15, -0.1) is 6.58 Å². The summed E-state index contributed by atoms with van der Waals surface area (Å²) in [4.78, 5) is 0. The van der Waals surface area contributed by atoms with E-state index in [4.69, 9.17) is 4.74 Å². The minimum Gasteiger partial charge on any atom is -0.381 e. The fraction of sp³-hybridized carbons (Fsp3) is 0.500. The molecule has 0 bridgehead atoms. The number of nitriles is 1. The van der Waals surface area contributed by atoms with E-state index in [1.165, 1.54) is 5.57 Å². The van der Waals surface area contributed by atoms with E-state index in [0.29, 0.717) is 18.0 Å². The molecule has 1 aliphatic heterocycles. The molecule has 0 amide bonds. The zero-order chi connectivity index (χ0) is 18.7. The number of rotatable bonds is 5. The first-order chi connectivity index (χ1) is 12.1. The molecule has 0 spiro atoms. The summed E-state index contributed by atoms with van der Waals surface area (Å²) in [5.74, 6) is 0.566. The summed E-state index contributed by atoms with van der Waals surface area (Å²) >= 11 is 0. The molecule has 25 heavy (non-hydrogen) atoms. The summed E-state index contributed by atoms with van der Waals surface area (Å²) in [5, 5.41) is 12.9. The molecule has 0 saturated heterocycles. The first kappa shape index (κ1) is 21.0. The van der Waals surface area contributed by atoms with E-state index < -0.39 is 0 Å². The van der Waals surface area contributed by atoms with Gasteiger partial charge in [-0.2, -0.15) is 5.26 Å². The molecule has 1 N–H and O–H groups in total. The van der Waals surface area contributed by atoms with Crippen molar-refractivity contribution in [3.8, 4) is 6.07 Å². The lowest BCUT2D eigenvalue weighted by molar-refractivity contribution is 0.0337. The van der Waals surface area contributed by atoms with Crippen molar-refractivity contribution in [2.24, 2.45) is 11.8 Å². The summed E-state index contributed by atoms with van der Waals surface area (Å²) in [7, 11) is 0. The highest BCUT2D eigenvalue weighted by atomic mass is 16.5. The van der Waals surface area contributed by atoms with Crippen LogP contribution in [0.2, 0.25) is 0 Å². The summed E-state index contributed by atoms with van der Waals surface area (Å²) in [6.45, 7) is 15.4. The maximum absolute atomic E-state index is 9.63. The first-order valence-electron chi connectivity index (χ1n) is 9.14. The molecule has 2 unspecified atom stereocenters. The van der Waals surface area contributed by atoms with Gasteiger partial charge in [-0.3, -0.25) is 0 Å². The quantitative estimate of drug-likeness (QED) is 0.561. The van der Waals surface area contributed by atoms with Gasteiger partial charge in [0.2, 0.25) is 0 Å². The van der Waals surface area contributed by atoms with Gasteiger partial charge < -0.3 is 10.1 Å². The van der Waals surface area contributed by atoms with Crippen molar-refractivity contribution in [1.82, 2.24) is 5.32 Å². The summed E-state index contributed by atoms with van der Waals surface area (Å²) < 4.78 is 6.09. The molecule has 3 atom stereocenters. The molecule has 0 saturated carbocycles. The van der Waals surface area contributed by atoms with Crippen LogP contribution in [0.4, 0.5) is 0 Å². The van der Waals surface area contributed by atoms with Crippen LogP contribution in [0.5, 0.6) is 0 Å². The normalized spacial score (nSPS) is 30.3. The smallest absolute Gasteiger partial charge is 0.101 e.